The Balaban J connectivity index is 0.00000144. The summed E-state index contributed by atoms with van der Waals surface area (Å²) in [5.74, 6) is 0.107. The summed E-state index contributed by atoms with van der Waals surface area (Å²) in [7, 11) is 1.69. The maximum Gasteiger partial charge on any atom is 0.251 e. The van der Waals surface area contributed by atoms with Crippen LogP contribution in [-0.4, -0.2) is 55.9 Å². The summed E-state index contributed by atoms with van der Waals surface area (Å²) >= 11 is 0. The molecule has 0 bridgehead atoms. The first kappa shape index (κ1) is 14.7. The number of halogens is 1. The maximum absolute atomic E-state index is 12.1. The highest BCUT2D eigenvalue weighted by molar-refractivity contribution is 5.85. The van der Waals surface area contributed by atoms with E-state index in [2.05, 4.69) is 0 Å². The molecule has 5 nitrogen and oxygen atoms in total. The number of methoxy groups -OCH3 is 1. The molecule has 1 amide bonds. The zero-order valence-electron chi connectivity index (χ0n) is 10.1. The van der Waals surface area contributed by atoms with Crippen LogP contribution >= 0.6 is 12.4 Å². The van der Waals surface area contributed by atoms with Crippen LogP contribution in [0.5, 0.6) is 0 Å². The fourth-order valence-electron chi connectivity index (χ4n) is 2.39. The van der Waals surface area contributed by atoms with Gasteiger partial charge in [0.25, 0.3) is 5.91 Å². The van der Waals surface area contributed by atoms with E-state index in [-0.39, 0.29) is 36.6 Å². The van der Waals surface area contributed by atoms with Crippen molar-refractivity contribution in [1.82, 2.24) is 4.90 Å². The number of carbonyl (C=O) groups excluding carboxylic acids is 1. The van der Waals surface area contributed by atoms with Crippen LogP contribution in [0, 0.1) is 0 Å². The van der Waals surface area contributed by atoms with Gasteiger partial charge in [0.15, 0.2) is 0 Å². The molecule has 0 aliphatic carbocycles. The smallest absolute Gasteiger partial charge is 0.251 e. The summed E-state index contributed by atoms with van der Waals surface area (Å²) < 4.78 is 10.8. The SMILES string of the molecule is CO[C@@H]1CCN(C(=O)[C@@H]2CC[C@H](CN)O2)C1.Cl. The molecule has 2 heterocycles. The van der Waals surface area contributed by atoms with E-state index in [0.29, 0.717) is 13.1 Å². The Hall–Kier alpha value is -0.360. The first-order valence-corrected chi connectivity index (χ1v) is 5.91. The van der Waals surface area contributed by atoms with Crippen LogP contribution in [-0.2, 0) is 14.3 Å². The third-order valence-corrected chi connectivity index (χ3v) is 3.44. The van der Waals surface area contributed by atoms with Crippen molar-refractivity contribution < 1.29 is 14.3 Å². The molecule has 3 atom stereocenters. The van der Waals surface area contributed by atoms with Crippen molar-refractivity contribution in [3.05, 3.63) is 0 Å². The average molecular weight is 265 g/mol. The summed E-state index contributed by atoms with van der Waals surface area (Å²) in [6, 6.07) is 0. The van der Waals surface area contributed by atoms with Crippen molar-refractivity contribution in [3.8, 4) is 0 Å². The molecule has 2 rings (SSSR count). The van der Waals surface area contributed by atoms with Gasteiger partial charge >= 0.3 is 0 Å². The summed E-state index contributed by atoms with van der Waals surface area (Å²) in [4.78, 5) is 13.9. The van der Waals surface area contributed by atoms with Gasteiger partial charge in [-0.1, -0.05) is 0 Å². The zero-order valence-corrected chi connectivity index (χ0v) is 10.9. The molecule has 2 saturated heterocycles. The van der Waals surface area contributed by atoms with E-state index in [0.717, 1.165) is 25.8 Å². The van der Waals surface area contributed by atoms with E-state index in [9.17, 15) is 4.79 Å². The average Bonchev–Trinajstić information content (AvgIpc) is 2.97. The van der Waals surface area contributed by atoms with Crippen LogP contribution in [0.4, 0.5) is 0 Å². The lowest BCUT2D eigenvalue weighted by atomic mass is 10.2. The van der Waals surface area contributed by atoms with Gasteiger partial charge in [-0.15, -0.1) is 12.4 Å². The molecule has 2 N–H and O–H groups in total. The molecule has 2 fully saturated rings. The Morgan fingerprint density at radius 1 is 1.47 bits per heavy atom. The monoisotopic (exact) mass is 264 g/mol. The number of nitrogens with zero attached hydrogens (tertiary/aromatic N) is 1. The fraction of sp³-hybridized carbons (Fsp3) is 0.909. The minimum atomic E-state index is -0.274. The zero-order chi connectivity index (χ0) is 11.5. The Kier molecular flexibility index (Phi) is 5.66. The minimum Gasteiger partial charge on any atom is -0.380 e. The number of nitrogens with two attached hydrogens (primary N) is 1. The molecule has 0 aromatic heterocycles. The largest absolute Gasteiger partial charge is 0.380 e. The van der Waals surface area contributed by atoms with E-state index >= 15 is 0 Å². The van der Waals surface area contributed by atoms with Crippen LogP contribution in [0.1, 0.15) is 19.3 Å². The molecule has 0 aromatic rings. The lowest BCUT2D eigenvalue weighted by molar-refractivity contribution is -0.142. The topological polar surface area (TPSA) is 64.8 Å². The quantitative estimate of drug-likeness (QED) is 0.789. The number of hydrogen-bond donors (Lipinski definition) is 1. The molecule has 6 heteroatoms. The molecule has 0 aromatic carbocycles. The van der Waals surface area contributed by atoms with E-state index < -0.39 is 0 Å². The first-order valence-electron chi connectivity index (χ1n) is 5.91. The van der Waals surface area contributed by atoms with Gasteiger partial charge in [-0.05, 0) is 19.3 Å². The molecule has 100 valence electrons. The number of likely N-dealkylation sites (tertiary alicyclic amines) is 1. The van der Waals surface area contributed by atoms with Crippen molar-refractivity contribution in [3.63, 3.8) is 0 Å². The first-order chi connectivity index (χ1) is 7.74. The predicted molar refractivity (Wildman–Crippen MR) is 66.2 cm³/mol. The predicted octanol–water partition coefficient (Wildman–Crippen LogP) is 0.162. The van der Waals surface area contributed by atoms with E-state index in [1.54, 1.807) is 7.11 Å². The van der Waals surface area contributed by atoms with Crippen LogP contribution in [0.15, 0.2) is 0 Å². The highest BCUT2D eigenvalue weighted by Crippen LogP contribution is 2.23. The Bertz CT molecular complexity index is 241. The maximum atomic E-state index is 12.1. The standard InChI is InChI=1S/C11H20N2O3.ClH/c1-15-9-4-5-13(7-9)11(14)10-3-2-8(6-12)16-10;/h8-10H,2-7,12H2,1H3;1H/t8-,9-,10+;/m1./s1. The molecule has 2 aliphatic rings. The number of amides is 1. The van der Waals surface area contributed by atoms with Gasteiger partial charge in [0.05, 0.1) is 12.2 Å². The Morgan fingerprint density at radius 2 is 2.24 bits per heavy atom. The number of hydrogen-bond acceptors (Lipinski definition) is 4. The van der Waals surface area contributed by atoms with Gasteiger partial charge in [0.1, 0.15) is 6.10 Å². The highest BCUT2D eigenvalue weighted by atomic mass is 35.5. The summed E-state index contributed by atoms with van der Waals surface area (Å²) in [5.41, 5.74) is 5.52. The van der Waals surface area contributed by atoms with E-state index in [4.69, 9.17) is 15.2 Å². The van der Waals surface area contributed by atoms with Gasteiger partial charge in [-0.25, -0.2) is 0 Å². The van der Waals surface area contributed by atoms with Gasteiger partial charge in [-0.2, -0.15) is 0 Å². The highest BCUT2D eigenvalue weighted by Gasteiger charge is 2.35. The van der Waals surface area contributed by atoms with Gasteiger partial charge in [0.2, 0.25) is 0 Å². The van der Waals surface area contributed by atoms with E-state index in [1.807, 2.05) is 4.90 Å². The third kappa shape index (κ3) is 3.31. The second-order valence-corrected chi connectivity index (χ2v) is 4.49. The third-order valence-electron chi connectivity index (χ3n) is 3.44. The summed E-state index contributed by atoms with van der Waals surface area (Å²) in [6.45, 7) is 1.98. The van der Waals surface area contributed by atoms with Crippen molar-refractivity contribution in [1.29, 1.82) is 0 Å². The van der Waals surface area contributed by atoms with E-state index in [1.165, 1.54) is 0 Å². The number of carbonyl (C=O) groups is 1. The molecule has 0 radical (unpaired) electrons. The van der Waals surface area contributed by atoms with Crippen molar-refractivity contribution in [2.45, 2.75) is 37.6 Å². The van der Waals surface area contributed by atoms with Gasteiger partial charge in [-0.3, -0.25) is 4.79 Å². The van der Waals surface area contributed by atoms with Crippen molar-refractivity contribution in [2.24, 2.45) is 5.73 Å². The van der Waals surface area contributed by atoms with Crippen LogP contribution in [0.25, 0.3) is 0 Å². The lowest BCUT2D eigenvalue weighted by Gasteiger charge is -2.20. The molecule has 0 spiro atoms. The Labute approximate surface area is 108 Å². The normalized spacial score (nSPS) is 32.6. The fourth-order valence-corrected chi connectivity index (χ4v) is 2.39. The lowest BCUT2D eigenvalue weighted by Crippen LogP contribution is -2.38. The second-order valence-electron chi connectivity index (χ2n) is 4.49. The second kappa shape index (κ2) is 6.54. The summed E-state index contributed by atoms with van der Waals surface area (Å²) in [5, 5.41) is 0. The van der Waals surface area contributed by atoms with Crippen LogP contribution in [0.2, 0.25) is 0 Å². The molecular formula is C11H21ClN2O3. The van der Waals surface area contributed by atoms with Gasteiger partial charge in [0, 0.05) is 26.7 Å². The molecule has 0 unspecified atom stereocenters. The molecular weight excluding hydrogens is 244 g/mol. The number of ether oxygens (including phenoxy) is 2. The van der Waals surface area contributed by atoms with Gasteiger partial charge < -0.3 is 20.1 Å². The van der Waals surface area contributed by atoms with Crippen molar-refractivity contribution >= 4 is 18.3 Å². The van der Waals surface area contributed by atoms with Crippen molar-refractivity contribution in [2.75, 3.05) is 26.7 Å². The Morgan fingerprint density at radius 3 is 2.76 bits per heavy atom. The number of rotatable bonds is 3. The molecule has 0 saturated carbocycles. The minimum absolute atomic E-state index is 0. The van der Waals surface area contributed by atoms with Crippen LogP contribution in [0.3, 0.4) is 0 Å². The molecule has 2 aliphatic heterocycles. The summed E-state index contributed by atoms with van der Waals surface area (Å²) in [6.07, 6.45) is 2.60. The molecule has 17 heavy (non-hydrogen) atoms. The van der Waals surface area contributed by atoms with Crippen LogP contribution < -0.4 is 5.73 Å².